The molecule has 3 N–H and O–H groups in total. The summed E-state index contributed by atoms with van der Waals surface area (Å²) in [6, 6.07) is 5.11. The molecule has 1 unspecified atom stereocenters. The van der Waals surface area contributed by atoms with Gasteiger partial charge < -0.3 is 15.7 Å². The van der Waals surface area contributed by atoms with E-state index in [4.69, 9.17) is 5.73 Å². The highest BCUT2D eigenvalue weighted by Crippen LogP contribution is 2.41. The minimum atomic E-state index is -1.65. The summed E-state index contributed by atoms with van der Waals surface area (Å²) in [4.78, 5) is 29.3. The number of aliphatic hydroxyl groups is 1. The molecule has 0 bridgehead atoms. The topological polar surface area (TPSA) is 114 Å². The van der Waals surface area contributed by atoms with E-state index in [2.05, 4.69) is 21.9 Å². The van der Waals surface area contributed by atoms with Crippen molar-refractivity contribution >= 4 is 11.8 Å². The highest BCUT2D eigenvalue weighted by Gasteiger charge is 2.42. The fourth-order valence-corrected chi connectivity index (χ4v) is 3.13. The van der Waals surface area contributed by atoms with Crippen LogP contribution in [-0.4, -0.2) is 55.8 Å². The molecule has 1 aliphatic heterocycles. The lowest BCUT2D eigenvalue weighted by molar-refractivity contribution is -0.137. The van der Waals surface area contributed by atoms with Crippen molar-refractivity contribution in [3.05, 3.63) is 41.3 Å². The monoisotopic (exact) mass is 365 g/mol. The number of pyridine rings is 1. The van der Waals surface area contributed by atoms with Crippen LogP contribution in [0.3, 0.4) is 0 Å². The Balaban J connectivity index is 1.68. The van der Waals surface area contributed by atoms with E-state index >= 15 is 0 Å². The van der Waals surface area contributed by atoms with Gasteiger partial charge in [-0.3, -0.25) is 9.59 Å². The molecule has 0 radical (unpaired) electrons. The molecule has 4 rings (SSSR count). The minimum Gasteiger partial charge on any atom is -0.369 e. The van der Waals surface area contributed by atoms with Crippen LogP contribution in [0.1, 0.15) is 46.9 Å². The van der Waals surface area contributed by atoms with Crippen LogP contribution in [0.5, 0.6) is 0 Å². The van der Waals surface area contributed by atoms with E-state index < -0.39 is 17.4 Å². The molecule has 8 nitrogen and oxygen atoms in total. The first-order valence-electron chi connectivity index (χ1n) is 8.75. The SMILES string of the molecule is CN1CCC(O)(C#Cc2ccnc(-n3nc(C(N)=O)cc3C3CC3)c2)C1=O. The zero-order valence-electron chi connectivity index (χ0n) is 14.8. The summed E-state index contributed by atoms with van der Waals surface area (Å²) in [6.45, 7) is 0.472. The molecule has 2 fully saturated rings. The van der Waals surface area contributed by atoms with Gasteiger partial charge in [0.25, 0.3) is 11.8 Å². The van der Waals surface area contributed by atoms with Gasteiger partial charge in [0.1, 0.15) is 0 Å². The molecule has 2 amide bonds. The molecule has 1 saturated carbocycles. The average molecular weight is 365 g/mol. The maximum absolute atomic E-state index is 12.0. The van der Waals surface area contributed by atoms with Gasteiger partial charge >= 0.3 is 0 Å². The van der Waals surface area contributed by atoms with Crippen molar-refractivity contribution in [3.8, 4) is 17.7 Å². The van der Waals surface area contributed by atoms with Crippen molar-refractivity contribution in [1.82, 2.24) is 19.7 Å². The molecular formula is C19H19N5O3. The van der Waals surface area contributed by atoms with E-state index in [1.54, 1.807) is 36.1 Å². The van der Waals surface area contributed by atoms with Crippen LogP contribution in [0.4, 0.5) is 0 Å². The summed E-state index contributed by atoms with van der Waals surface area (Å²) >= 11 is 0. The quantitative estimate of drug-likeness (QED) is 0.754. The first-order chi connectivity index (χ1) is 12.9. The summed E-state index contributed by atoms with van der Waals surface area (Å²) in [6.07, 6.45) is 3.92. The predicted octanol–water partition coefficient (Wildman–Crippen LogP) is 0.188. The Hall–Kier alpha value is -3.18. The Morgan fingerprint density at radius 1 is 1.41 bits per heavy atom. The van der Waals surface area contributed by atoms with Crippen LogP contribution in [-0.2, 0) is 4.79 Å². The second-order valence-corrected chi connectivity index (χ2v) is 6.99. The molecule has 0 aromatic carbocycles. The van der Waals surface area contributed by atoms with Gasteiger partial charge in [0.2, 0.25) is 5.60 Å². The normalized spacial score (nSPS) is 21.9. The molecule has 1 atom stereocenters. The third kappa shape index (κ3) is 3.17. The second-order valence-electron chi connectivity index (χ2n) is 6.99. The lowest BCUT2D eigenvalue weighted by atomic mass is 10.0. The number of rotatable bonds is 3. The van der Waals surface area contributed by atoms with E-state index in [1.807, 2.05) is 0 Å². The summed E-state index contributed by atoms with van der Waals surface area (Å²) in [5.41, 5.74) is 5.39. The van der Waals surface area contributed by atoms with Gasteiger partial charge in [-0.15, -0.1) is 0 Å². The summed E-state index contributed by atoms with van der Waals surface area (Å²) in [7, 11) is 1.64. The van der Waals surface area contributed by atoms with E-state index in [9.17, 15) is 14.7 Å². The zero-order valence-corrected chi connectivity index (χ0v) is 14.8. The van der Waals surface area contributed by atoms with E-state index in [0.29, 0.717) is 23.8 Å². The van der Waals surface area contributed by atoms with Crippen molar-refractivity contribution in [1.29, 1.82) is 0 Å². The van der Waals surface area contributed by atoms with Gasteiger partial charge in [-0.05, 0) is 31.0 Å². The number of carbonyl (C=O) groups excluding carboxylic acids is 2. The Bertz CT molecular complexity index is 998. The van der Waals surface area contributed by atoms with E-state index in [-0.39, 0.29) is 12.1 Å². The van der Waals surface area contributed by atoms with Gasteiger partial charge in [-0.1, -0.05) is 11.8 Å². The van der Waals surface area contributed by atoms with Crippen LogP contribution in [0.25, 0.3) is 5.82 Å². The van der Waals surface area contributed by atoms with Crippen molar-refractivity contribution in [2.24, 2.45) is 5.73 Å². The number of nitrogens with zero attached hydrogens (tertiary/aromatic N) is 4. The van der Waals surface area contributed by atoms with Crippen molar-refractivity contribution in [3.63, 3.8) is 0 Å². The number of carbonyl (C=O) groups is 2. The van der Waals surface area contributed by atoms with Crippen molar-refractivity contribution in [2.45, 2.75) is 30.8 Å². The molecule has 2 aromatic heterocycles. The molecule has 2 aromatic rings. The first-order valence-corrected chi connectivity index (χ1v) is 8.75. The fraction of sp³-hybridized carbons (Fsp3) is 0.368. The minimum absolute atomic E-state index is 0.198. The number of hydrogen-bond donors (Lipinski definition) is 2. The molecule has 0 spiro atoms. The second kappa shape index (κ2) is 6.21. The number of amides is 2. The number of likely N-dealkylation sites (tertiary alicyclic amines) is 1. The standard InChI is InChI=1S/C19H19N5O3/c1-23-9-7-19(27,18(23)26)6-4-12-5-8-21-16(10-12)24-15(13-2-3-13)11-14(22-24)17(20)25/h5,8,10-11,13,27H,2-3,7,9H2,1H3,(H2,20,25). The fourth-order valence-electron chi connectivity index (χ4n) is 3.13. The first kappa shape index (κ1) is 17.2. The lowest BCUT2D eigenvalue weighted by Crippen LogP contribution is -2.37. The van der Waals surface area contributed by atoms with E-state index in [0.717, 1.165) is 18.5 Å². The van der Waals surface area contributed by atoms with Gasteiger partial charge in [-0.2, -0.15) is 5.10 Å². The van der Waals surface area contributed by atoms with Crippen LogP contribution in [0, 0.1) is 11.8 Å². The van der Waals surface area contributed by atoms with E-state index in [1.165, 1.54) is 4.90 Å². The maximum Gasteiger partial charge on any atom is 0.269 e. The molecule has 1 aliphatic carbocycles. The Morgan fingerprint density at radius 2 is 2.19 bits per heavy atom. The number of aromatic nitrogens is 3. The molecule has 1 saturated heterocycles. The van der Waals surface area contributed by atoms with Crippen LogP contribution >= 0.6 is 0 Å². The number of likely N-dealkylation sites (N-methyl/N-ethyl adjacent to an activating group) is 1. The van der Waals surface area contributed by atoms with Crippen LogP contribution in [0.15, 0.2) is 24.4 Å². The Morgan fingerprint density at radius 3 is 2.81 bits per heavy atom. The molecular weight excluding hydrogens is 346 g/mol. The molecule has 27 heavy (non-hydrogen) atoms. The van der Waals surface area contributed by atoms with Crippen molar-refractivity contribution < 1.29 is 14.7 Å². The lowest BCUT2D eigenvalue weighted by Gasteiger charge is -2.13. The average Bonchev–Trinajstić information content (AvgIpc) is 3.35. The summed E-state index contributed by atoms with van der Waals surface area (Å²) in [5.74, 6) is 5.43. The summed E-state index contributed by atoms with van der Waals surface area (Å²) < 4.78 is 1.62. The predicted molar refractivity (Wildman–Crippen MR) is 95.9 cm³/mol. The number of primary amides is 1. The number of hydrogen-bond acceptors (Lipinski definition) is 5. The molecule has 3 heterocycles. The van der Waals surface area contributed by atoms with Crippen molar-refractivity contribution in [2.75, 3.05) is 13.6 Å². The number of nitrogens with two attached hydrogens (primary N) is 1. The third-order valence-corrected chi connectivity index (χ3v) is 4.87. The molecule has 8 heteroatoms. The van der Waals surface area contributed by atoms with Gasteiger partial charge in [-0.25, -0.2) is 9.67 Å². The van der Waals surface area contributed by atoms with Gasteiger partial charge in [0.05, 0.1) is 0 Å². The Labute approximate surface area is 156 Å². The maximum atomic E-state index is 12.0. The van der Waals surface area contributed by atoms with Crippen LogP contribution < -0.4 is 5.73 Å². The van der Waals surface area contributed by atoms with Gasteiger partial charge in [0, 0.05) is 43.4 Å². The largest absolute Gasteiger partial charge is 0.369 e. The smallest absolute Gasteiger partial charge is 0.269 e. The highest BCUT2D eigenvalue weighted by molar-refractivity contribution is 5.91. The van der Waals surface area contributed by atoms with Crippen LogP contribution in [0.2, 0.25) is 0 Å². The Kier molecular flexibility index (Phi) is 3.97. The zero-order chi connectivity index (χ0) is 19.2. The molecule has 138 valence electrons. The highest BCUT2D eigenvalue weighted by atomic mass is 16.3. The third-order valence-electron chi connectivity index (χ3n) is 4.87. The summed E-state index contributed by atoms with van der Waals surface area (Å²) in [5, 5.41) is 14.7. The molecule has 2 aliphatic rings. The van der Waals surface area contributed by atoms with Gasteiger partial charge in [0.15, 0.2) is 11.5 Å².